The molecule has 0 bridgehead atoms. The second-order valence-corrected chi connectivity index (χ2v) is 7.61. The standard InChI is InChI=1S/C18H17NO3S2/c1-2-3-8-15(21)19-11-14(20)16(18-23-9-10-24-18)17(22)12-6-4-5-7-13(12)19/h4-7,9-10H,2-3,8,11H2,1H3. The van der Waals surface area contributed by atoms with Crippen molar-refractivity contribution < 1.29 is 14.4 Å². The van der Waals surface area contributed by atoms with Crippen LogP contribution in [0.4, 0.5) is 5.69 Å². The topological polar surface area (TPSA) is 54.5 Å². The Bertz CT molecular complexity index is 757. The summed E-state index contributed by atoms with van der Waals surface area (Å²) in [5.74, 6) is -0.693. The summed E-state index contributed by atoms with van der Waals surface area (Å²) in [5.41, 5.74) is 1.16. The molecular formula is C18H17NO3S2. The molecule has 1 aromatic rings. The molecule has 0 saturated heterocycles. The van der Waals surface area contributed by atoms with Gasteiger partial charge < -0.3 is 4.90 Å². The molecule has 0 spiro atoms. The van der Waals surface area contributed by atoms with Crippen molar-refractivity contribution in [2.45, 2.75) is 26.2 Å². The molecule has 2 aliphatic rings. The fourth-order valence-corrected chi connectivity index (χ4v) is 4.58. The Morgan fingerprint density at radius 3 is 2.58 bits per heavy atom. The lowest BCUT2D eigenvalue weighted by Crippen LogP contribution is -2.35. The Morgan fingerprint density at radius 2 is 1.88 bits per heavy atom. The van der Waals surface area contributed by atoms with Crippen LogP contribution in [0.25, 0.3) is 0 Å². The van der Waals surface area contributed by atoms with Gasteiger partial charge in [0.15, 0.2) is 11.6 Å². The molecule has 1 aromatic carbocycles. The predicted molar refractivity (Wildman–Crippen MR) is 99.0 cm³/mol. The van der Waals surface area contributed by atoms with Crippen LogP contribution in [0.2, 0.25) is 0 Å². The Balaban J connectivity index is 2.06. The summed E-state index contributed by atoms with van der Waals surface area (Å²) >= 11 is 2.76. The van der Waals surface area contributed by atoms with Crippen molar-refractivity contribution in [3.05, 3.63) is 50.5 Å². The quantitative estimate of drug-likeness (QED) is 0.600. The van der Waals surface area contributed by atoms with Crippen LogP contribution >= 0.6 is 23.5 Å². The van der Waals surface area contributed by atoms with Crippen LogP contribution in [0.5, 0.6) is 0 Å². The van der Waals surface area contributed by atoms with E-state index >= 15 is 0 Å². The molecule has 0 N–H and O–H groups in total. The monoisotopic (exact) mass is 359 g/mol. The van der Waals surface area contributed by atoms with E-state index in [1.54, 1.807) is 24.3 Å². The molecule has 3 rings (SSSR count). The third-order valence-electron chi connectivity index (χ3n) is 3.90. The number of para-hydroxylation sites is 1. The Kier molecular flexibility index (Phi) is 5.26. The number of anilines is 1. The molecule has 0 unspecified atom stereocenters. The average Bonchev–Trinajstić information content (AvgIpc) is 3.08. The van der Waals surface area contributed by atoms with Crippen molar-refractivity contribution in [1.29, 1.82) is 0 Å². The lowest BCUT2D eigenvalue weighted by molar-refractivity contribution is -0.121. The zero-order chi connectivity index (χ0) is 17.1. The highest BCUT2D eigenvalue weighted by Crippen LogP contribution is 2.42. The van der Waals surface area contributed by atoms with Gasteiger partial charge in [0.1, 0.15) is 0 Å². The molecule has 0 radical (unpaired) electrons. The van der Waals surface area contributed by atoms with Gasteiger partial charge >= 0.3 is 0 Å². The summed E-state index contributed by atoms with van der Waals surface area (Å²) in [5, 5.41) is 3.71. The van der Waals surface area contributed by atoms with Gasteiger partial charge in [0.25, 0.3) is 0 Å². The van der Waals surface area contributed by atoms with E-state index < -0.39 is 0 Å². The number of hydrogen-bond donors (Lipinski definition) is 0. The number of carbonyl (C=O) groups excluding carboxylic acids is 3. The van der Waals surface area contributed by atoms with Crippen molar-refractivity contribution in [3.8, 4) is 0 Å². The number of hydrogen-bond acceptors (Lipinski definition) is 5. The van der Waals surface area contributed by atoms with Crippen LogP contribution in [0, 0.1) is 0 Å². The first-order valence-electron chi connectivity index (χ1n) is 7.83. The van der Waals surface area contributed by atoms with Crippen LogP contribution in [-0.4, -0.2) is 24.0 Å². The second-order valence-electron chi connectivity index (χ2n) is 5.52. The van der Waals surface area contributed by atoms with Crippen molar-refractivity contribution in [1.82, 2.24) is 0 Å². The van der Waals surface area contributed by atoms with E-state index in [9.17, 15) is 14.4 Å². The summed E-state index contributed by atoms with van der Waals surface area (Å²) in [6.45, 7) is 1.94. The third-order valence-corrected chi connectivity index (χ3v) is 6.03. The fourth-order valence-electron chi connectivity index (χ4n) is 2.69. The first-order chi connectivity index (χ1) is 11.6. The van der Waals surface area contributed by atoms with Crippen molar-refractivity contribution >= 4 is 46.7 Å². The molecule has 1 amide bonds. The second kappa shape index (κ2) is 7.40. The molecular weight excluding hydrogens is 342 g/mol. The number of unbranched alkanes of at least 4 members (excludes halogenated alkanes) is 1. The van der Waals surface area contributed by atoms with Gasteiger partial charge in [0, 0.05) is 12.0 Å². The van der Waals surface area contributed by atoms with Gasteiger partial charge in [-0.3, -0.25) is 14.4 Å². The van der Waals surface area contributed by atoms with E-state index in [1.165, 1.54) is 28.4 Å². The Morgan fingerprint density at radius 1 is 1.17 bits per heavy atom. The van der Waals surface area contributed by atoms with Crippen molar-refractivity contribution in [2.75, 3.05) is 11.4 Å². The van der Waals surface area contributed by atoms with E-state index in [0.29, 0.717) is 21.9 Å². The van der Waals surface area contributed by atoms with E-state index in [1.807, 2.05) is 17.7 Å². The summed E-state index contributed by atoms with van der Waals surface area (Å²) in [6.07, 6.45) is 2.05. The number of nitrogens with zero attached hydrogens (tertiary/aromatic N) is 1. The highest BCUT2D eigenvalue weighted by Gasteiger charge is 2.34. The average molecular weight is 359 g/mol. The van der Waals surface area contributed by atoms with Crippen LogP contribution < -0.4 is 4.90 Å². The predicted octanol–water partition coefficient (Wildman–Crippen LogP) is 4.14. The minimum atomic E-state index is -0.292. The Labute approximate surface area is 149 Å². The van der Waals surface area contributed by atoms with Gasteiger partial charge in [-0.1, -0.05) is 49.0 Å². The number of benzene rings is 1. The highest BCUT2D eigenvalue weighted by molar-refractivity contribution is 8.27. The number of ketones is 2. The summed E-state index contributed by atoms with van der Waals surface area (Å²) in [6, 6.07) is 6.98. The van der Waals surface area contributed by atoms with Gasteiger partial charge in [-0.15, -0.1) is 0 Å². The van der Waals surface area contributed by atoms with Crippen molar-refractivity contribution in [3.63, 3.8) is 0 Å². The lowest BCUT2D eigenvalue weighted by atomic mass is 10.0. The minimum Gasteiger partial charge on any atom is -0.304 e. The normalized spacial score (nSPS) is 17.3. The maximum atomic E-state index is 12.9. The zero-order valence-corrected chi connectivity index (χ0v) is 14.9. The molecule has 4 nitrogen and oxygen atoms in total. The molecule has 6 heteroatoms. The fraction of sp³-hybridized carbons (Fsp3) is 0.278. The highest BCUT2D eigenvalue weighted by atomic mass is 32.2. The zero-order valence-electron chi connectivity index (χ0n) is 13.3. The summed E-state index contributed by atoms with van der Waals surface area (Å²) in [7, 11) is 0. The van der Waals surface area contributed by atoms with Gasteiger partial charge in [-0.25, -0.2) is 0 Å². The lowest BCUT2D eigenvalue weighted by Gasteiger charge is -2.21. The molecule has 124 valence electrons. The smallest absolute Gasteiger partial charge is 0.227 e. The maximum Gasteiger partial charge on any atom is 0.227 e. The Hall–Kier alpha value is -1.79. The van der Waals surface area contributed by atoms with E-state index in [0.717, 1.165) is 12.8 Å². The molecule has 2 heterocycles. The maximum absolute atomic E-state index is 12.9. The number of amides is 1. The van der Waals surface area contributed by atoms with Crippen LogP contribution in [0.1, 0.15) is 36.5 Å². The van der Waals surface area contributed by atoms with Crippen LogP contribution in [-0.2, 0) is 9.59 Å². The minimum absolute atomic E-state index is 0.0781. The summed E-state index contributed by atoms with van der Waals surface area (Å²) < 4.78 is 0.697. The molecule has 2 aliphatic heterocycles. The molecule has 0 saturated carbocycles. The number of carbonyl (C=O) groups is 3. The van der Waals surface area contributed by atoms with E-state index in [-0.39, 0.29) is 29.6 Å². The number of Topliss-reactive ketones (excluding diaryl/α,β-unsaturated/α-hetero) is 2. The van der Waals surface area contributed by atoms with Crippen LogP contribution in [0.3, 0.4) is 0 Å². The number of thioether (sulfide) groups is 2. The van der Waals surface area contributed by atoms with Crippen molar-refractivity contribution in [2.24, 2.45) is 0 Å². The largest absolute Gasteiger partial charge is 0.304 e. The van der Waals surface area contributed by atoms with Crippen LogP contribution in [0.15, 0.2) is 44.9 Å². The van der Waals surface area contributed by atoms with E-state index in [4.69, 9.17) is 0 Å². The first kappa shape index (κ1) is 17.0. The molecule has 0 atom stereocenters. The summed E-state index contributed by atoms with van der Waals surface area (Å²) in [4.78, 5) is 39.7. The van der Waals surface area contributed by atoms with Gasteiger partial charge in [0.2, 0.25) is 5.91 Å². The van der Waals surface area contributed by atoms with Gasteiger partial charge in [0.05, 0.1) is 22.0 Å². The number of rotatable bonds is 3. The molecule has 0 aliphatic carbocycles. The van der Waals surface area contributed by atoms with E-state index in [2.05, 4.69) is 0 Å². The number of fused-ring (bicyclic) bond motifs is 1. The molecule has 24 heavy (non-hydrogen) atoms. The van der Waals surface area contributed by atoms with Gasteiger partial charge in [-0.2, -0.15) is 0 Å². The first-order valence-corrected chi connectivity index (χ1v) is 9.59. The molecule has 0 aromatic heterocycles. The SMILES string of the molecule is CCCCC(=O)N1CC(=O)C(=C2SC=CS2)C(=O)c2ccccc21. The molecule has 0 fully saturated rings. The van der Waals surface area contributed by atoms with Gasteiger partial charge in [-0.05, 0) is 29.4 Å². The third kappa shape index (κ3) is 3.21.